The predicted octanol–water partition coefficient (Wildman–Crippen LogP) is 4.25. The molecular weight excluding hydrogens is 194 g/mol. The molecule has 0 aliphatic heterocycles. The summed E-state index contributed by atoms with van der Waals surface area (Å²) in [6.45, 7) is 0. The monoisotopic (exact) mass is 223 g/mol. The highest BCUT2D eigenvalue weighted by atomic mass is 14.6. The van der Waals surface area contributed by atoms with Crippen LogP contribution in [-0.4, -0.2) is 6.04 Å². The maximum absolute atomic E-state index is 6.37. The lowest BCUT2D eigenvalue weighted by molar-refractivity contribution is 0.263. The van der Waals surface area contributed by atoms with Gasteiger partial charge in [0.1, 0.15) is 0 Å². The van der Waals surface area contributed by atoms with Crippen molar-refractivity contribution < 1.29 is 0 Å². The standard InChI is InChI=1S/C15H29N/c16-15(14-9-5-2-6-10-14)12-11-13-7-3-1-4-8-13/h13-15H,1-12,16H2. The van der Waals surface area contributed by atoms with Crippen LogP contribution in [0.25, 0.3) is 0 Å². The van der Waals surface area contributed by atoms with E-state index in [4.69, 9.17) is 5.73 Å². The average molecular weight is 223 g/mol. The van der Waals surface area contributed by atoms with Crippen molar-refractivity contribution in [1.29, 1.82) is 0 Å². The molecule has 2 saturated carbocycles. The van der Waals surface area contributed by atoms with E-state index in [9.17, 15) is 0 Å². The van der Waals surface area contributed by atoms with Crippen LogP contribution in [0.4, 0.5) is 0 Å². The van der Waals surface area contributed by atoms with E-state index < -0.39 is 0 Å². The summed E-state index contributed by atoms with van der Waals surface area (Å²) in [5, 5.41) is 0. The Morgan fingerprint density at radius 2 is 1.38 bits per heavy atom. The third kappa shape index (κ3) is 3.76. The largest absolute Gasteiger partial charge is 0.327 e. The summed E-state index contributed by atoms with van der Waals surface area (Å²) >= 11 is 0. The van der Waals surface area contributed by atoms with E-state index in [-0.39, 0.29) is 0 Å². The van der Waals surface area contributed by atoms with Crippen molar-refractivity contribution in [3.8, 4) is 0 Å². The van der Waals surface area contributed by atoms with E-state index in [2.05, 4.69) is 0 Å². The zero-order valence-corrected chi connectivity index (χ0v) is 10.8. The van der Waals surface area contributed by atoms with E-state index in [0.29, 0.717) is 6.04 Å². The van der Waals surface area contributed by atoms with Gasteiger partial charge in [-0.1, -0.05) is 51.4 Å². The van der Waals surface area contributed by atoms with Gasteiger partial charge in [-0.2, -0.15) is 0 Å². The second kappa shape index (κ2) is 6.64. The molecule has 2 fully saturated rings. The molecule has 16 heavy (non-hydrogen) atoms. The third-order valence-corrected chi connectivity index (χ3v) is 4.89. The Labute approximate surface area is 101 Å². The first-order valence-electron chi connectivity index (χ1n) is 7.62. The summed E-state index contributed by atoms with van der Waals surface area (Å²) in [7, 11) is 0. The van der Waals surface area contributed by atoms with Crippen molar-refractivity contribution in [3.63, 3.8) is 0 Å². The zero-order chi connectivity index (χ0) is 11.2. The minimum absolute atomic E-state index is 0.516. The normalized spacial score (nSPS) is 26.8. The molecule has 0 aromatic carbocycles. The van der Waals surface area contributed by atoms with Crippen LogP contribution in [0.3, 0.4) is 0 Å². The number of hydrogen-bond donors (Lipinski definition) is 1. The Morgan fingerprint density at radius 3 is 2.00 bits per heavy atom. The van der Waals surface area contributed by atoms with Crippen molar-refractivity contribution in [2.75, 3.05) is 0 Å². The summed E-state index contributed by atoms with van der Waals surface area (Å²) in [4.78, 5) is 0. The molecule has 0 aromatic rings. The topological polar surface area (TPSA) is 26.0 Å². The molecule has 1 atom stereocenters. The van der Waals surface area contributed by atoms with E-state index in [1.807, 2.05) is 0 Å². The molecule has 0 saturated heterocycles. The summed E-state index contributed by atoms with van der Waals surface area (Å²) < 4.78 is 0. The first kappa shape index (κ1) is 12.4. The van der Waals surface area contributed by atoms with E-state index >= 15 is 0 Å². The highest BCUT2D eigenvalue weighted by Gasteiger charge is 2.22. The zero-order valence-electron chi connectivity index (χ0n) is 10.8. The molecule has 0 aromatic heterocycles. The minimum Gasteiger partial charge on any atom is -0.327 e. The van der Waals surface area contributed by atoms with Crippen LogP contribution in [-0.2, 0) is 0 Å². The lowest BCUT2D eigenvalue weighted by atomic mass is 9.79. The fourth-order valence-electron chi connectivity index (χ4n) is 3.70. The van der Waals surface area contributed by atoms with Gasteiger partial charge < -0.3 is 5.73 Å². The second-order valence-electron chi connectivity index (χ2n) is 6.14. The van der Waals surface area contributed by atoms with Gasteiger partial charge in [-0.05, 0) is 37.5 Å². The molecule has 1 nitrogen and oxygen atoms in total. The van der Waals surface area contributed by atoms with Gasteiger partial charge in [0.25, 0.3) is 0 Å². The molecular formula is C15H29N. The molecule has 1 unspecified atom stereocenters. The van der Waals surface area contributed by atoms with Crippen LogP contribution in [0.2, 0.25) is 0 Å². The maximum Gasteiger partial charge on any atom is 0.00672 e. The average Bonchev–Trinajstić information content (AvgIpc) is 2.38. The molecule has 1 heteroatoms. The molecule has 0 heterocycles. The van der Waals surface area contributed by atoms with E-state index in [1.165, 1.54) is 77.0 Å². The molecule has 0 bridgehead atoms. The third-order valence-electron chi connectivity index (χ3n) is 4.89. The lowest BCUT2D eigenvalue weighted by Crippen LogP contribution is -2.32. The van der Waals surface area contributed by atoms with Crippen LogP contribution < -0.4 is 5.73 Å². The van der Waals surface area contributed by atoms with Gasteiger partial charge in [0, 0.05) is 6.04 Å². The van der Waals surface area contributed by atoms with Gasteiger partial charge in [0.05, 0.1) is 0 Å². The van der Waals surface area contributed by atoms with Crippen molar-refractivity contribution in [1.82, 2.24) is 0 Å². The summed E-state index contributed by atoms with van der Waals surface area (Å²) in [6.07, 6.45) is 17.2. The summed E-state index contributed by atoms with van der Waals surface area (Å²) in [5.41, 5.74) is 6.37. The van der Waals surface area contributed by atoms with Crippen LogP contribution in [0.15, 0.2) is 0 Å². The van der Waals surface area contributed by atoms with Crippen LogP contribution in [0.1, 0.15) is 77.0 Å². The van der Waals surface area contributed by atoms with E-state index in [1.54, 1.807) is 0 Å². The molecule has 2 aliphatic rings. The Kier molecular flexibility index (Phi) is 5.15. The molecule has 0 amide bonds. The Morgan fingerprint density at radius 1 is 0.812 bits per heavy atom. The number of nitrogens with two attached hydrogens (primary N) is 1. The van der Waals surface area contributed by atoms with Crippen molar-refractivity contribution in [2.45, 2.75) is 83.1 Å². The molecule has 94 valence electrons. The number of rotatable bonds is 4. The molecule has 0 spiro atoms. The highest BCUT2D eigenvalue weighted by molar-refractivity contribution is 4.78. The van der Waals surface area contributed by atoms with Gasteiger partial charge in [-0.25, -0.2) is 0 Å². The first-order chi connectivity index (χ1) is 7.86. The Bertz CT molecular complexity index is 178. The predicted molar refractivity (Wildman–Crippen MR) is 70.4 cm³/mol. The first-order valence-corrected chi connectivity index (χ1v) is 7.62. The Balaban J connectivity index is 1.63. The van der Waals surface area contributed by atoms with Gasteiger partial charge in [-0.15, -0.1) is 0 Å². The van der Waals surface area contributed by atoms with Gasteiger partial charge in [-0.3, -0.25) is 0 Å². The van der Waals surface area contributed by atoms with Crippen molar-refractivity contribution >= 4 is 0 Å². The summed E-state index contributed by atoms with van der Waals surface area (Å²) in [6, 6.07) is 0.516. The molecule has 2 rings (SSSR count). The lowest BCUT2D eigenvalue weighted by Gasteiger charge is -2.29. The number of hydrogen-bond acceptors (Lipinski definition) is 1. The molecule has 2 aliphatic carbocycles. The summed E-state index contributed by atoms with van der Waals surface area (Å²) in [5.74, 6) is 1.88. The van der Waals surface area contributed by atoms with Gasteiger partial charge >= 0.3 is 0 Å². The quantitative estimate of drug-likeness (QED) is 0.757. The highest BCUT2D eigenvalue weighted by Crippen LogP contribution is 2.31. The van der Waals surface area contributed by atoms with Crippen LogP contribution in [0.5, 0.6) is 0 Å². The minimum atomic E-state index is 0.516. The molecule has 0 radical (unpaired) electrons. The van der Waals surface area contributed by atoms with Crippen molar-refractivity contribution in [3.05, 3.63) is 0 Å². The van der Waals surface area contributed by atoms with Gasteiger partial charge in [0.15, 0.2) is 0 Å². The van der Waals surface area contributed by atoms with Gasteiger partial charge in [0.2, 0.25) is 0 Å². The SMILES string of the molecule is NC(CCC1CCCCC1)C1CCCCC1. The van der Waals surface area contributed by atoms with E-state index in [0.717, 1.165) is 11.8 Å². The fraction of sp³-hybridized carbons (Fsp3) is 1.00. The smallest absolute Gasteiger partial charge is 0.00672 e. The van der Waals surface area contributed by atoms with Crippen molar-refractivity contribution in [2.24, 2.45) is 17.6 Å². The van der Waals surface area contributed by atoms with Crippen LogP contribution >= 0.6 is 0 Å². The Hall–Kier alpha value is -0.0400. The maximum atomic E-state index is 6.37. The second-order valence-corrected chi connectivity index (χ2v) is 6.14. The van der Waals surface area contributed by atoms with Crippen LogP contribution in [0, 0.1) is 11.8 Å². The fourth-order valence-corrected chi connectivity index (χ4v) is 3.70. The molecule has 2 N–H and O–H groups in total.